The van der Waals surface area contributed by atoms with Crippen LogP contribution in [0.1, 0.15) is 54.9 Å². The van der Waals surface area contributed by atoms with E-state index in [9.17, 15) is 5.11 Å². The lowest BCUT2D eigenvalue weighted by Crippen LogP contribution is -1.94. The molecular formula is C21H24O. The summed E-state index contributed by atoms with van der Waals surface area (Å²) in [4.78, 5) is 0. The van der Waals surface area contributed by atoms with E-state index >= 15 is 0 Å². The molecule has 0 unspecified atom stereocenters. The van der Waals surface area contributed by atoms with E-state index < -0.39 is 0 Å². The molecule has 1 N–H and O–H groups in total. The zero-order chi connectivity index (χ0) is 15.6. The highest BCUT2D eigenvalue weighted by atomic mass is 16.3. The molecule has 0 aliphatic carbocycles. The van der Waals surface area contributed by atoms with Crippen molar-refractivity contribution in [3.05, 3.63) is 70.8 Å². The molecule has 0 heterocycles. The molecule has 0 fully saturated rings. The Balaban J connectivity index is 2.08. The molecule has 114 valence electrons. The fourth-order valence-corrected chi connectivity index (χ4v) is 2.47. The highest BCUT2D eigenvalue weighted by Crippen LogP contribution is 2.15. The Bertz CT molecular complexity index is 632. The Hall–Kier alpha value is -2.04. The molecule has 0 radical (unpaired) electrons. The topological polar surface area (TPSA) is 20.2 Å². The molecule has 1 nitrogen and oxygen atoms in total. The van der Waals surface area contributed by atoms with Gasteiger partial charge in [-0.25, -0.2) is 0 Å². The van der Waals surface area contributed by atoms with Crippen molar-refractivity contribution in [2.24, 2.45) is 0 Å². The minimum atomic E-state index is 0.0433. The number of aliphatic hydroxyl groups excluding tert-OH is 1. The van der Waals surface area contributed by atoms with E-state index in [1.807, 2.05) is 36.4 Å². The van der Waals surface area contributed by atoms with Gasteiger partial charge in [-0.1, -0.05) is 68.4 Å². The molecule has 0 bridgehead atoms. The van der Waals surface area contributed by atoms with Crippen LogP contribution in [0.2, 0.25) is 0 Å². The first-order valence-corrected chi connectivity index (χ1v) is 8.13. The molecule has 0 aliphatic rings. The third-order valence-corrected chi connectivity index (χ3v) is 3.77. The molecule has 0 saturated heterocycles. The van der Waals surface area contributed by atoms with Gasteiger partial charge in [0.25, 0.3) is 0 Å². The highest BCUT2D eigenvalue weighted by Gasteiger charge is 2.01. The van der Waals surface area contributed by atoms with E-state index in [0.29, 0.717) is 0 Å². The second kappa shape index (κ2) is 9.07. The van der Waals surface area contributed by atoms with Gasteiger partial charge in [-0.05, 0) is 42.2 Å². The van der Waals surface area contributed by atoms with Crippen molar-refractivity contribution in [3.63, 3.8) is 0 Å². The van der Waals surface area contributed by atoms with E-state index in [4.69, 9.17) is 0 Å². The molecule has 0 atom stereocenters. The first-order valence-electron chi connectivity index (χ1n) is 8.13. The lowest BCUT2D eigenvalue weighted by Gasteiger charge is -2.06. The van der Waals surface area contributed by atoms with Gasteiger partial charge in [-0.3, -0.25) is 0 Å². The van der Waals surface area contributed by atoms with Crippen LogP contribution in [0.4, 0.5) is 0 Å². The second-order valence-corrected chi connectivity index (χ2v) is 5.58. The van der Waals surface area contributed by atoms with Crippen molar-refractivity contribution < 1.29 is 5.11 Å². The summed E-state index contributed by atoms with van der Waals surface area (Å²) in [6.45, 7) is 2.27. The third-order valence-electron chi connectivity index (χ3n) is 3.77. The monoisotopic (exact) mass is 292 g/mol. The number of benzene rings is 2. The first-order chi connectivity index (χ1) is 10.8. The molecule has 0 saturated carbocycles. The molecule has 0 amide bonds. The number of hydrogen-bond acceptors (Lipinski definition) is 1. The van der Waals surface area contributed by atoms with Gasteiger partial charge in [-0.15, -0.1) is 0 Å². The Morgan fingerprint density at radius 2 is 1.73 bits per heavy atom. The molecule has 2 rings (SSSR count). The van der Waals surface area contributed by atoms with Crippen LogP contribution in [0, 0.1) is 11.8 Å². The van der Waals surface area contributed by atoms with Crippen LogP contribution in [0.15, 0.2) is 48.5 Å². The predicted molar refractivity (Wildman–Crippen MR) is 92.6 cm³/mol. The van der Waals surface area contributed by atoms with Crippen LogP contribution in [-0.2, 0) is 13.0 Å². The van der Waals surface area contributed by atoms with Crippen LogP contribution in [-0.4, -0.2) is 5.11 Å². The summed E-state index contributed by atoms with van der Waals surface area (Å²) < 4.78 is 0. The van der Waals surface area contributed by atoms with Crippen LogP contribution in [0.25, 0.3) is 0 Å². The zero-order valence-corrected chi connectivity index (χ0v) is 13.3. The first kappa shape index (κ1) is 16.3. The van der Waals surface area contributed by atoms with Gasteiger partial charge in [0.05, 0.1) is 6.61 Å². The normalized spacial score (nSPS) is 10.1. The standard InChI is InChI=1S/C21H24O/c1-2-3-4-6-11-19-13-15-20(21(16-19)17-22)14-12-18-9-7-5-8-10-18/h5,7-10,13,15-16,22H,2-4,6,11,17H2,1H3. The minimum Gasteiger partial charge on any atom is -0.392 e. The number of hydrogen-bond donors (Lipinski definition) is 1. The van der Waals surface area contributed by atoms with E-state index in [-0.39, 0.29) is 6.61 Å². The summed E-state index contributed by atoms with van der Waals surface area (Å²) in [5.74, 6) is 6.33. The molecule has 0 spiro atoms. The Kier molecular flexibility index (Phi) is 6.74. The number of aryl methyl sites for hydroxylation is 1. The minimum absolute atomic E-state index is 0.0433. The molecule has 22 heavy (non-hydrogen) atoms. The number of rotatable bonds is 6. The predicted octanol–water partition coefficient (Wildman–Crippen LogP) is 4.70. The molecule has 2 aromatic rings. The molecule has 0 aromatic heterocycles. The number of unbranched alkanes of at least 4 members (excludes halogenated alkanes) is 3. The fraction of sp³-hybridized carbons (Fsp3) is 0.333. The van der Waals surface area contributed by atoms with Crippen molar-refractivity contribution in [2.45, 2.75) is 45.6 Å². The second-order valence-electron chi connectivity index (χ2n) is 5.58. The maximum atomic E-state index is 9.58. The summed E-state index contributed by atoms with van der Waals surface area (Å²) >= 11 is 0. The van der Waals surface area contributed by atoms with Crippen LogP contribution < -0.4 is 0 Å². The van der Waals surface area contributed by atoms with Gasteiger partial charge in [0, 0.05) is 11.1 Å². The van der Waals surface area contributed by atoms with Crippen molar-refractivity contribution in [1.82, 2.24) is 0 Å². The molecule has 1 heteroatoms. The summed E-state index contributed by atoms with van der Waals surface area (Å²) in [7, 11) is 0. The van der Waals surface area contributed by atoms with E-state index in [1.54, 1.807) is 0 Å². The molecule has 0 aliphatic heterocycles. The van der Waals surface area contributed by atoms with Crippen LogP contribution in [0.3, 0.4) is 0 Å². The molecule has 2 aromatic carbocycles. The lowest BCUT2D eigenvalue weighted by atomic mass is 10.00. The highest BCUT2D eigenvalue weighted by molar-refractivity contribution is 5.47. The zero-order valence-electron chi connectivity index (χ0n) is 13.3. The van der Waals surface area contributed by atoms with Gasteiger partial charge in [-0.2, -0.15) is 0 Å². The van der Waals surface area contributed by atoms with Crippen molar-refractivity contribution >= 4 is 0 Å². The average Bonchev–Trinajstić information content (AvgIpc) is 2.58. The van der Waals surface area contributed by atoms with Crippen LogP contribution >= 0.6 is 0 Å². The number of aliphatic hydroxyl groups is 1. The Morgan fingerprint density at radius 1 is 0.909 bits per heavy atom. The quantitative estimate of drug-likeness (QED) is 0.604. The largest absolute Gasteiger partial charge is 0.392 e. The smallest absolute Gasteiger partial charge is 0.0694 e. The Labute approximate surface area is 134 Å². The van der Waals surface area contributed by atoms with Gasteiger partial charge < -0.3 is 5.11 Å². The van der Waals surface area contributed by atoms with Crippen molar-refractivity contribution in [1.29, 1.82) is 0 Å². The summed E-state index contributed by atoms with van der Waals surface area (Å²) in [5.41, 5.74) is 4.14. The summed E-state index contributed by atoms with van der Waals surface area (Å²) in [5, 5.41) is 9.58. The van der Waals surface area contributed by atoms with E-state index in [2.05, 4.69) is 30.9 Å². The van der Waals surface area contributed by atoms with Crippen LogP contribution in [0.5, 0.6) is 0 Å². The van der Waals surface area contributed by atoms with Gasteiger partial charge in [0.2, 0.25) is 0 Å². The fourth-order valence-electron chi connectivity index (χ4n) is 2.47. The van der Waals surface area contributed by atoms with Crippen molar-refractivity contribution in [3.8, 4) is 11.8 Å². The maximum Gasteiger partial charge on any atom is 0.0694 e. The van der Waals surface area contributed by atoms with E-state index in [0.717, 1.165) is 23.1 Å². The lowest BCUT2D eigenvalue weighted by molar-refractivity contribution is 0.281. The third kappa shape index (κ3) is 5.06. The maximum absolute atomic E-state index is 9.58. The van der Waals surface area contributed by atoms with Gasteiger partial charge in [0.1, 0.15) is 0 Å². The summed E-state index contributed by atoms with van der Waals surface area (Å²) in [6, 6.07) is 16.2. The SMILES string of the molecule is CCCCCCc1ccc(C#Cc2ccccc2)c(CO)c1. The average molecular weight is 292 g/mol. The van der Waals surface area contributed by atoms with Crippen molar-refractivity contribution in [2.75, 3.05) is 0 Å². The molecular weight excluding hydrogens is 268 g/mol. The van der Waals surface area contributed by atoms with Gasteiger partial charge in [0.15, 0.2) is 0 Å². The van der Waals surface area contributed by atoms with E-state index in [1.165, 1.54) is 31.2 Å². The summed E-state index contributed by atoms with van der Waals surface area (Å²) in [6.07, 6.45) is 6.14. The Morgan fingerprint density at radius 3 is 2.45 bits per heavy atom. The van der Waals surface area contributed by atoms with Gasteiger partial charge >= 0.3 is 0 Å².